The lowest BCUT2D eigenvalue weighted by Crippen LogP contribution is -2.66. The van der Waals surface area contributed by atoms with Gasteiger partial charge in [-0.25, -0.2) is 22.8 Å². The molecule has 4 N–H and O–H groups in total. The largest absolute Gasteiger partial charge is 0.404 e. The molecule has 34 heavy (non-hydrogen) atoms. The van der Waals surface area contributed by atoms with Gasteiger partial charge in [-0.15, -0.1) is 5.10 Å². The molecule has 2 aliphatic rings. The minimum absolute atomic E-state index is 0.0393. The lowest BCUT2D eigenvalue weighted by atomic mass is 9.61. The lowest BCUT2D eigenvalue weighted by Gasteiger charge is -2.59. The van der Waals surface area contributed by atoms with Crippen molar-refractivity contribution in [1.29, 1.82) is 5.41 Å². The topological polar surface area (TPSA) is 109 Å². The van der Waals surface area contributed by atoms with E-state index in [-0.39, 0.29) is 29.4 Å². The summed E-state index contributed by atoms with van der Waals surface area (Å²) in [7, 11) is 1.71. The zero-order chi connectivity index (χ0) is 24.1. The highest BCUT2D eigenvalue weighted by Gasteiger charge is 2.61. The van der Waals surface area contributed by atoms with Crippen LogP contribution in [-0.2, 0) is 7.05 Å². The van der Waals surface area contributed by atoms with E-state index in [2.05, 4.69) is 20.4 Å². The smallest absolute Gasteiger partial charge is 0.249 e. The van der Waals surface area contributed by atoms with Crippen LogP contribution < -0.4 is 16.0 Å². The molecule has 1 aromatic carbocycles. The van der Waals surface area contributed by atoms with Gasteiger partial charge in [0.05, 0.1) is 0 Å². The van der Waals surface area contributed by atoms with Crippen LogP contribution >= 0.6 is 0 Å². The molecular weight excluding hydrogens is 445 g/mol. The molecule has 1 saturated heterocycles. The summed E-state index contributed by atoms with van der Waals surface area (Å²) in [5, 5.41) is 14.8. The quantitative estimate of drug-likeness (QED) is 0.473. The van der Waals surface area contributed by atoms with Crippen molar-refractivity contribution in [3.8, 4) is 11.4 Å². The zero-order valence-electron chi connectivity index (χ0n) is 18.4. The van der Waals surface area contributed by atoms with Crippen LogP contribution in [0.1, 0.15) is 18.4 Å². The normalized spacial score (nSPS) is 18.4. The van der Waals surface area contributed by atoms with Crippen LogP contribution in [0.2, 0.25) is 0 Å². The first kappa shape index (κ1) is 21.9. The number of halogens is 3. The van der Waals surface area contributed by atoms with Crippen LogP contribution in [0.5, 0.6) is 0 Å². The van der Waals surface area contributed by atoms with Crippen molar-refractivity contribution in [2.24, 2.45) is 18.2 Å². The van der Waals surface area contributed by atoms with Crippen molar-refractivity contribution >= 4 is 29.2 Å². The molecule has 0 amide bonds. The molecule has 3 aromatic rings. The van der Waals surface area contributed by atoms with Gasteiger partial charge in [-0.2, -0.15) is 4.98 Å². The predicted octanol–water partition coefficient (Wildman–Crippen LogP) is 3.94. The zero-order valence-corrected chi connectivity index (χ0v) is 18.4. The first-order valence-corrected chi connectivity index (χ1v) is 10.7. The van der Waals surface area contributed by atoms with Crippen molar-refractivity contribution < 1.29 is 13.2 Å². The van der Waals surface area contributed by atoms with Crippen LogP contribution in [-0.4, -0.2) is 45.0 Å². The Kier molecular flexibility index (Phi) is 5.07. The van der Waals surface area contributed by atoms with Gasteiger partial charge < -0.3 is 21.4 Å². The van der Waals surface area contributed by atoms with Gasteiger partial charge in [0.1, 0.15) is 11.6 Å². The Labute approximate surface area is 193 Å². The van der Waals surface area contributed by atoms with E-state index in [1.54, 1.807) is 19.3 Å². The number of nitrogens with one attached hydrogen (secondary N) is 2. The summed E-state index contributed by atoms with van der Waals surface area (Å²) in [5.41, 5.74) is 6.85. The minimum Gasteiger partial charge on any atom is -0.404 e. The first-order chi connectivity index (χ1) is 16.2. The van der Waals surface area contributed by atoms with Crippen molar-refractivity contribution in [2.75, 3.05) is 23.3 Å². The van der Waals surface area contributed by atoms with E-state index < -0.39 is 11.7 Å². The summed E-state index contributed by atoms with van der Waals surface area (Å²) >= 11 is 0. The molecule has 1 spiro atoms. The molecule has 0 atom stereocenters. The van der Waals surface area contributed by atoms with Crippen LogP contribution in [0.25, 0.3) is 17.0 Å². The average molecular weight is 468 g/mol. The van der Waals surface area contributed by atoms with Crippen LogP contribution in [0.15, 0.2) is 42.7 Å². The lowest BCUT2D eigenvalue weighted by molar-refractivity contribution is -0.170. The molecule has 1 saturated carbocycles. The highest BCUT2D eigenvalue weighted by atomic mass is 19.3. The van der Waals surface area contributed by atoms with Crippen LogP contribution in [0.3, 0.4) is 0 Å². The van der Waals surface area contributed by atoms with Crippen molar-refractivity contribution in [3.63, 3.8) is 0 Å². The number of hydrogen-bond donors (Lipinski definition) is 3. The second-order valence-electron chi connectivity index (χ2n) is 8.94. The molecule has 2 fully saturated rings. The number of allylic oxidation sites excluding steroid dienone is 1. The summed E-state index contributed by atoms with van der Waals surface area (Å²) in [4.78, 5) is 10.9. The molecule has 8 nitrogen and oxygen atoms in total. The third-order valence-corrected chi connectivity index (χ3v) is 6.28. The second kappa shape index (κ2) is 7.86. The number of hydrogen-bond acceptors (Lipinski definition) is 7. The van der Waals surface area contributed by atoms with E-state index in [9.17, 15) is 13.2 Å². The second-order valence-corrected chi connectivity index (χ2v) is 8.94. The van der Waals surface area contributed by atoms with Gasteiger partial charge in [-0.1, -0.05) is 0 Å². The summed E-state index contributed by atoms with van der Waals surface area (Å²) in [6.07, 6.45) is 3.75. The Morgan fingerprint density at radius 2 is 1.97 bits per heavy atom. The van der Waals surface area contributed by atoms with E-state index in [0.717, 1.165) is 12.0 Å². The molecule has 5 rings (SSSR count). The van der Waals surface area contributed by atoms with Crippen molar-refractivity contribution in [3.05, 3.63) is 54.1 Å². The Hall–Kier alpha value is -3.89. The van der Waals surface area contributed by atoms with E-state index >= 15 is 0 Å². The molecule has 2 aromatic heterocycles. The Bertz CT molecular complexity index is 1270. The minimum atomic E-state index is -2.52. The standard InChI is InChI=1S/C23H23F3N8/c1-33-21(30-16-3-4-17(18(24)6-16)15(7-27)8-28)31-20(32-33)14-2-5-19(29-9-14)34-12-22(13-34)10-23(25,26)11-22/h2-9,27H,10-13,28H2,1H3,(H,30,31,32)/b15-8+,27-7?. The van der Waals surface area contributed by atoms with Gasteiger partial charge in [0.2, 0.25) is 11.9 Å². The number of nitrogens with zero attached hydrogens (tertiary/aromatic N) is 5. The van der Waals surface area contributed by atoms with Gasteiger partial charge in [-0.3, -0.25) is 0 Å². The number of pyridine rings is 1. The number of nitrogens with two attached hydrogens (primary N) is 1. The molecule has 11 heteroatoms. The maximum atomic E-state index is 14.5. The number of alkyl halides is 2. The average Bonchev–Trinajstić information content (AvgIpc) is 3.12. The van der Waals surface area contributed by atoms with Gasteiger partial charge >= 0.3 is 0 Å². The predicted molar refractivity (Wildman–Crippen MR) is 124 cm³/mol. The molecule has 0 bridgehead atoms. The number of benzene rings is 1. The molecule has 0 unspecified atom stereocenters. The fourth-order valence-electron chi connectivity index (χ4n) is 4.69. The van der Waals surface area contributed by atoms with E-state index in [0.29, 0.717) is 36.1 Å². The van der Waals surface area contributed by atoms with Gasteiger partial charge in [0.25, 0.3) is 0 Å². The summed E-state index contributed by atoms with van der Waals surface area (Å²) in [5.74, 6) is -1.45. The van der Waals surface area contributed by atoms with Gasteiger partial charge in [0.15, 0.2) is 5.82 Å². The van der Waals surface area contributed by atoms with E-state index in [1.807, 2.05) is 17.0 Å². The van der Waals surface area contributed by atoms with Crippen molar-refractivity contribution in [1.82, 2.24) is 19.7 Å². The highest BCUT2D eigenvalue weighted by Crippen LogP contribution is 2.57. The monoisotopic (exact) mass is 468 g/mol. The summed E-state index contributed by atoms with van der Waals surface area (Å²) < 4.78 is 42.4. The maximum Gasteiger partial charge on any atom is 0.249 e. The van der Waals surface area contributed by atoms with E-state index in [4.69, 9.17) is 11.1 Å². The highest BCUT2D eigenvalue weighted by molar-refractivity contribution is 6.08. The third-order valence-electron chi connectivity index (χ3n) is 6.28. The molecule has 0 radical (unpaired) electrons. The first-order valence-electron chi connectivity index (χ1n) is 10.7. The van der Waals surface area contributed by atoms with Gasteiger partial charge in [0, 0.05) is 79.4 Å². The molecule has 1 aliphatic carbocycles. The Morgan fingerprint density at radius 3 is 2.56 bits per heavy atom. The molecule has 1 aliphatic heterocycles. The summed E-state index contributed by atoms with van der Waals surface area (Å²) in [6.45, 7) is 1.20. The maximum absolute atomic E-state index is 14.5. The SMILES string of the molecule is Cn1nc(-c2ccc(N3CC4(C3)CC(F)(F)C4)nc2)nc1Nc1ccc(/C(C=N)=C/N)c(F)c1. The molecule has 176 valence electrons. The third kappa shape index (κ3) is 3.87. The van der Waals surface area contributed by atoms with Crippen LogP contribution in [0, 0.1) is 16.6 Å². The number of aromatic nitrogens is 4. The molecular formula is C23H23F3N8. The molecule has 3 heterocycles. The van der Waals surface area contributed by atoms with Crippen LogP contribution in [0.4, 0.5) is 30.6 Å². The number of aryl methyl sites for hydroxylation is 1. The fourth-order valence-corrected chi connectivity index (χ4v) is 4.69. The number of rotatable bonds is 6. The Balaban J connectivity index is 1.27. The van der Waals surface area contributed by atoms with Gasteiger partial charge in [-0.05, 0) is 30.3 Å². The van der Waals surface area contributed by atoms with Crippen molar-refractivity contribution in [2.45, 2.75) is 18.8 Å². The summed E-state index contributed by atoms with van der Waals surface area (Å²) in [6, 6.07) is 8.17. The number of anilines is 3. The van der Waals surface area contributed by atoms with E-state index in [1.165, 1.54) is 23.0 Å². The Morgan fingerprint density at radius 1 is 1.21 bits per heavy atom. The fraction of sp³-hybridized carbons (Fsp3) is 0.304.